The van der Waals surface area contributed by atoms with Gasteiger partial charge in [0, 0.05) is 5.56 Å². The van der Waals surface area contributed by atoms with Crippen molar-refractivity contribution >= 4 is 0 Å². The van der Waals surface area contributed by atoms with Gasteiger partial charge in [-0.25, -0.2) is 9.78 Å². The van der Waals surface area contributed by atoms with E-state index >= 15 is 0 Å². The maximum atomic E-state index is 11.6. The van der Waals surface area contributed by atoms with Gasteiger partial charge in [-0.1, -0.05) is 24.3 Å². The van der Waals surface area contributed by atoms with Gasteiger partial charge >= 0.3 is 5.63 Å². The van der Waals surface area contributed by atoms with Crippen LogP contribution in [0.3, 0.4) is 0 Å². The summed E-state index contributed by atoms with van der Waals surface area (Å²) in [5.41, 5.74) is 2.09. The average molecular weight is 253 g/mol. The molecule has 0 unspecified atom stereocenters. The summed E-state index contributed by atoms with van der Waals surface area (Å²) in [5, 5.41) is 0. The number of nitrogens with zero attached hydrogens (tertiary/aromatic N) is 1. The van der Waals surface area contributed by atoms with Crippen molar-refractivity contribution in [1.29, 1.82) is 0 Å². The van der Waals surface area contributed by atoms with Crippen LogP contribution in [0.4, 0.5) is 0 Å². The van der Waals surface area contributed by atoms with E-state index in [4.69, 9.17) is 8.83 Å². The fourth-order valence-corrected chi connectivity index (χ4v) is 1.90. The summed E-state index contributed by atoms with van der Waals surface area (Å²) in [5.74, 6) is 0.628. The maximum absolute atomic E-state index is 11.6. The average Bonchev–Trinajstić information content (AvgIpc) is 2.92. The van der Waals surface area contributed by atoms with E-state index in [2.05, 4.69) is 4.98 Å². The molecule has 0 saturated heterocycles. The molecule has 19 heavy (non-hydrogen) atoms. The first-order valence-corrected chi connectivity index (χ1v) is 5.86. The highest BCUT2D eigenvalue weighted by molar-refractivity contribution is 5.64. The van der Waals surface area contributed by atoms with Gasteiger partial charge in [-0.2, -0.15) is 0 Å². The molecule has 0 aliphatic carbocycles. The number of aromatic nitrogens is 1. The molecule has 0 N–H and O–H groups in total. The lowest BCUT2D eigenvalue weighted by molar-refractivity contribution is 0.475. The third kappa shape index (κ3) is 2.20. The molecule has 0 radical (unpaired) electrons. The van der Waals surface area contributed by atoms with E-state index in [1.807, 2.05) is 31.2 Å². The topological polar surface area (TPSA) is 56.2 Å². The fourth-order valence-electron chi connectivity index (χ4n) is 1.90. The second-order valence-corrected chi connectivity index (χ2v) is 4.16. The molecule has 0 amide bonds. The number of hydrogen-bond acceptors (Lipinski definition) is 4. The minimum absolute atomic E-state index is 0.191. The van der Waals surface area contributed by atoms with Crippen molar-refractivity contribution in [3.05, 3.63) is 64.7 Å². The van der Waals surface area contributed by atoms with Crippen LogP contribution in [0.5, 0.6) is 0 Å². The number of furan rings is 1. The minimum atomic E-state index is -0.445. The summed E-state index contributed by atoms with van der Waals surface area (Å²) in [7, 11) is 0. The molecule has 4 heteroatoms. The van der Waals surface area contributed by atoms with Crippen molar-refractivity contribution < 1.29 is 8.83 Å². The summed E-state index contributed by atoms with van der Waals surface area (Å²) in [6.45, 7) is 1.97. The largest absolute Gasteiger partial charge is 0.459 e. The van der Waals surface area contributed by atoms with E-state index in [1.165, 1.54) is 12.3 Å². The van der Waals surface area contributed by atoms with Gasteiger partial charge in [0.2, 0.25) is 0 Å². The Morgan fingerprint density at radius 2 is 1.95 bits per heavy atom. The van der Waals surface area contributed by atoms with Crippen LogP contribution in [-0.2, 0) is 0 Å². The molecule has 0 fully saturated rings. The molecule has 3 aromatic rings. The van der Waals surface area contributed by atoms with E-state index < -0.39 is 5.63 Å². The van der Waals surface area contributed by atoms with Gasteiger partial charge in [0.15, 0.2) is 5.76 Å². The zero-order valence-corrected chi connectivity index (χ0v) is 10.3. The standard InChI is InChI=1S/C15H11NO3/c1-10-5-2-3-6-11(10)12-9-14(17)19-15(16-12)13-7-4-8-18-13/h2-9H,1H3. The number of rotatable bonds is 2. The predicted molar refractivity (Wildman–Crippen MR) is 70.6 cm³/mol. The van der Waals surface area contributed by atoms with Gasteiger partial charge in [0.05, 0.1) is 18.0 Å². The zero-order chi connectivity index (χ0) is 13.2. The van der Waals surface area contributed by atoms with Crippen molar-refractivity contribution in [2.24, 2.45) is 0 Å². The van der Waals surface area contributed by atoms with Crippen LogP contribution in [0.2, 0.25) is 0 Å². The summed E-state index contributed by atoms with van der Waals surface area (Å²) in [4.78, 5) is 16.0. The monoisotopic (exact) mass is 253 g/mol. The zero-order valence-electron chi connectivity index (χ0n) is 10.3. The van der Waals surface area contributed by atoms with Crippen molar-refractivity contribution in [2.75, 3.05) is 0 Å². The van der Waals surface area contributed by atoms with Crippen molar-refractivity contribution in [1.82, 2.24) is 4.98 Å². The van der Waals surface area contributed by atoms with Crippen molar-refractivity contribution in [3.8, 4) is 22.9 Å². The SMILES string of the molecule is Cc1ccccc1-c1cc(=O)oc(-c2ccco2)n1. The van der Waals surface area contributed by atoms with Gasteiger partial charge < -0.3 is 8.83 Å². The van der Waals surface area contributed by atoms with Gasteiger partial charge in [0.25, 0.3) is 5.89 Å². The Labute approximate surface area is 109 Å². The Morgan fingerprint density at radius 3 is 2.68 bits per heavy atom. The minimum Gasteiger partial charge on any atom is -0.459 e. The Balaban J connectivity index is 2.19. The molecule has 1 aromatic carbocycles. The molecule has 0 spiro atoms. The Bertz CT molecular complexity index is 757. The highest BCUT2D eigenvalue weighted by Gasteiger charge is 2.11. The lowest BCUT2D eigenvalue weighted by Crippen LogP contribution is -2.02. The van der Waals surface area contributed by atoms with Crippen LogP contribution in [0.15, 0.2) is 62.4 Å². The van der Waals surface area contributed by atoms with E-state index in [-0.39, 0.29) is 5.89 Å². The molecule has 2 heterocycles. The lowest BCUT2D eigenvalue weighted by atomic mass is 10.1. The fraction of sp³-hybridized carbons (Fsp3) is 0.0667. The first-order chi connectivity index (χ1) is 9.24. The van der Waals surface area contributed by atoms with E-state index in [0.29, 0.717) is 11.5 Å². The van der Waals surface area contributed by atoms with Crippen LogP contribution in [-0.4, -0.2) is 4.98 Å². The van der Waals surface area contributed by atoms with Crippen LogP contribution >= 0.6 is 0 Å². The number of benzene rings is 1. The molecule has 0 aliphatic rings. The highest BCUT2D eigenvalue weighted by Crippen LogP contribution is 2.23. The lowest BCUT2D eigenvalue weighted by Gasteiger charge is -2.04. The van der Waals surface area contributed by atoms with Gasteiger partial charge in [-0.05, 0) is 24.6 Å². The smallest absolute Gasteiger partial charge is 0.339 e. The second kappa shape index (κ2) is 4.57. The second-order valence-electron chi connectivity index (χ2n) is 4.16. The highest BCUT2D eigenvalue weighted by atomic mass is 16.4. The molecule has 0 saturated carbocycles. The van der Waals surface area contributed by atoms with Crippen LogP contribution in [0.25, 0.3) is 22.9 Å². The molecular weight excluding hydrogens is 242 g/mol. The van der Waals surface area contributed by atoms with Gasteiger partial charge in [0.1, 0.15) is 0 Å². The van der Waals surface area contributed by atoms with Crippen LogP contribution in [0.1, 0.15) is 5.56 Å². The van der Waals surface area contributed by atoms with E-state index in [0.717, 1.165) is 11.1 Å². The summed E-state index contributed by atoms with van der Waals surface area (Å²) in [6, 6.07) is 12.5. The molecule has 0 atom stereocenters. The third-order valence-corrected chi connectivity index (χ3v) is 2.83. The third-order valence-electron chi connectivity index (χ3n) is 2.83. The van der Waals surface area contributed by atoms with Crippen molar-refractivity contribution in [2.45, 2.75) is 6.92 Å². The molecule has 4 nitrogen and oxygen atoms in total. The molecule has 0 aliphatic heterocycles. The number of hydrogen-bond donors (Lipinski definition) is 0. The van der Waals surface area contributed by atoms with Gasteiger partial charge in [-0.15, -0.1) is 0 Å². The Hall–Kier alpha value is -2.62. The first kappa shape index (κ1) is 11.5. The summed E-state index contributed by atoms with van der Waals surface area (Å²) < 4.78 is 10.3. The van der Waals surface area contributed by atoms with Crippen LogP contribution < -0.4 is 5.63 Å². The maximum Gasteiger partial charge on any atom is 0.339 e. The van der Waals surface area contributed by atoms with Gasteiger partial charge in [-0.3, -0.25) is 0 Å². The molecule has 3 rings (SSSR count). The molecule has 94 valence electrons. The van der Waals surface area contributed by atoms with E-state index in [1.54, 1.807) is 12.1 Å². The number of aryl methyl sites for hydroxylation is 1. The normalized spacial score (nSPS) is 10.6. The molecule has 2 aromatic heterocycles. The summed E-state index contributed by atoms with van der Waals surface area (Å²) in [6.07, 6.45) is 1.51. The summed E-state index contributed by atoms with van der Waals surface area (Å²) >= 11 is 0. The molecular formula is C15H11NO3. The van der Waals surface area contributed by atoms with Crippen LogP contribution in [0, 0.1) is 6.92 Å². The van der Waals surface area contributed by atoms with E-state index in [9.17, 15) is 4.79 Å². The van der Waals surface area contributed by atoms with Crippen molar-refractivity contribution in [3.63, 3.8) is 0 Å². The quantitative estimate of drug-likeness (QED) is 0.703. The molecule has 0 bridgehead atoms. The first-order valence-electron chi connectivity index (χ1n) is 5.86. The Morgan fingerprint density at radius 1 is 1.11 bits per heavy atom. The predicted octanol–water partition coefficient (Wildman–Crippen LogP) is 3.27. The Kier molecular flexibility index (Phi) is 2.76.